The minimum absolute atomic E-state index is 0.261. The lowest BCUT2D eigenvalue weighted by molar-refractivity contribution is 0.186. The van der Waals surface area contributed by atoms with Crippen LogP contribution in [0.15, 0.2) is 55.0 Å². The number of carbonyl (C=O) groups excluding carboxylic acids is 1. The van der Waals surface area contributed by atoms with Crippen molar-refractivity contribution in [3.8, 4) is 0 Å². The standard InChI is InChI=1S/C21H22FN5O/c1-15-20-17(3-2-4-18(20)22)8-14-27(15)21(28)24-19-9-13-26(25-19)12-7-16-5-10-23-11-6-16/h2-6,9-11,13,15H,7-8,12,14H2,1H3,(H,24,25,28). The number of aryl methyl sites for hydroxylation is 2. The van der Waals surface area contributed by atoms with Crippen molar-refractivity contribution in [2.45, 2.75) is 32.4 Å². The lowest BCUT2D eigenvalue weighted by Crippen LogP contribution is -2.41. The largest absolute Gasteiger partial charge is 0.323 e. The van der Waals surface area contributed by atoms with E-state index in [9.17, 15) is 9.18 Å². The Kier molecular flexibility index (Phi) is 5.06. The van der Waals surface area contributed by atoms with Crippen LogP contribution in [0.3, 0.4) is 0 Å². The first-order valence-electron chi connectivity index (χ1n) is 9.39. The number of hydrogen-bond donors (Lipinski definition) is 1. The summed E-state index contributed by atoms with van der Waals surface area (Å²) in [4.78, 5) is 18.4. The molecule has 0 saturated heterocycles. The van der Waals surface area contributed by atoms with E-state index < -0.39 is 0 Å². The van der Waals surface area contributed by atoms with Gasteiger partial charge in [-0.1, -0.05) is 12.1 Å². The number of benzene rings is 1. The fourth-order valence-corrected chi connectivity index (χ4v) is 3.66. The molecule has 1 aliphatic rings. The Morgan fingerprint density at radius 3 is 2.89 bits per heavy atom. The van der Waals surface area contributed by atoms with Gasteiger partial charge in [0.15, 0.2) is 5.82 Å². The molecule has 144 valence electrons. The quantitative estimate of drug-likeness (QED) is 0.750. The van der Waals surface area contributed by atoms with Crippen LogP contribution in [0.5, 0.6) is 0 Å². The molecular weight excluding hydrogens is 357 g/mol. The summed E-state index contributed by atoms with van der Waals surface area (Å²) in [6.07, 6.45) is 6.85. The number of amides is 2. The van der Waals surface area contributed by atoms with Crippen molar-refractivity contribution in [2.24, 2.45) is 0 Å². The van der Waals surface area contributed by atoms with Crippen LogP contribution >= 0.6 is 0 Å². The van der Waals surface area contributed by atoms with Crippen LogP contribution in [0.2, 0.25) is 0 Å². The molecule has 0 spiro atoms. The van der Waals surface area contributed by atoms with Gasteiger partial charge in [-0.3, -0.25) is 15.0 Å². The van der Waals surface area contributed by atoms with Crippen molar-refractivity contribution in [1.29, 1.82) is 0 Å². The minimum atomic E-state index is -0.321. The Hall–Kier alpha value is -3.22. The molecule has 0 radical (unpaired) electrons. The molecule has 3 aromatic rings. The molecule has 0 fully saturated rings. The normalized spacial score (nSPS) is 15.9. The highest BCUT2D eigenvalue weighted by Gasteiger charge is 2.30. The predicted octanol–water partition coefficient (Wildman–Crippen LogP) is 3.81. The fraction of sp³-hybridized carbons (Fsp3) is 0.286. The maximum atomic E-state index is 14.2. The maximum Gasteiger partial charge on any atom is 0.323 e. The molecule has 1 unspecified atom stereocenters. The predicted molar refractivity (Wildman–Crippen MR) is 104 cm³/mol. The second-order valence-corrected chi connectivity index (χ2v) is 6.93. The van der Waals surface area contributed by atoms with Crippen molar-refractivity contribution in [1.82, 2.24) is 19.7 Å². The van der Waals surface area contributed by atoms with Gasteiger partial charge in [-0.15, -0.1) is 0 Å². The summed E-state index contributed by atoms with van der Waals surface area (Å²) >= 11 is 0. The topological polar surface area (TPSA) is 63.1 Å². The summed E-state index contributed by atoms with van der Waals surface area (Å²) < 4.78 is 16.0. The Labute approximate surface area is 163 Å². The van der Waals surface area contributed by atoms with Crippen molar-refractivity contribution < 1.29 is 9.18 Å². The zero-order chi connectivity index (χ0) is 19.5. The van der Waals surface area contributed by atoms with E-state index in [-0.39, 0.29) is 17.9 Å². The molecule has 6 nitrogen and oxygen atoms in total. The minimum Gasteiger partial charge on any atom is -0.317 e. The molecule has 7 heteroatoms. The van der Waals surface area contributed by atoms with Crippen LogP contribution in [0.1, 0.15) is 29.7 Å². The van der Waals surface area contributed by atoms with E-state index in [4.69, 9.17) is 0 Å². The molecule has 0 saturated carbocycles. The summed E-state index contributed by atoms with van der Waals surface area (Å²) in [6.45, 7) is 3.11. The van der Waals surface area contributed by atoms with Gasteiger partial charge in [0.05, 0.1) is 6.04 Å². The number of rotatable bonds is 4. The van der Waals surface area contributed by atoms with Crippen LogP contribution in [0.4, 0.5) is 15.0 Å². The first kappa shape index (κ1) is 18.2. The lowest BCUT2D eigenvalue weighted by atomic mass is 9.93. The molecule has 3 heterocycles. The van der Waals surface area contributed by atoms with E-state index in [1.807, 2.05) is 31.3 Å². The van der Waals surface area contributed by atoms with Gasteiger partial charge in [-0.05, 0) is 49.1 Å². The average Bonchev–Trinajstić information content (AvgIpc) is 3.14. The zero-order valence-electron chi connectivity index (χ0n) is 15.7. The van der Waals surface area contributed by atoms with E-state index in [0.717, 1.165) is 12.0 Å². The molecule has 0 aliphatic carbocycles. The van der Waals surface area contributed by atoms with Gasteiger partial charge in [0, 0.05) is 43.3 Å². The van der Waals surface area contributed by atoms with Crippen molar-refractivity contribution in [2.75, 3.05) is 11.9 Å². The Morgan fingerprint density at radius 2 is 2.07 bits per heavy atom. The van der Waals surface area contributed by atoms with E-state index in [1.165, 1.54) is 11.6 Å². The maximum absolute atomic E-state index is 14.2. The first-order valence-corrected chi connectivity index (χ1v) is 9.39. The van der Waals surface area contributed by atoms with E-state index in [1.54, 1.807) is 34.1 Å². The summed E-state index contributed by atoms with van der Waals surface area (Å²) in [5.41, 5.74) is 2.75. The van der Waals surface area contributed by atoms with Crippen LogP contribution in [-0.4, -0.2) is 32.2 Å². The Morgan fingerprint density at radius 1 is 1.25 bits per heavy atom. The number of carbonyl (C=O) groups is 1. The number of pyridine rings is 1. The Balaban J connectivity index is 1.39. The molecule has 2 aromatic heterocycles. The van der Waals surface area contributed by atoms with Gasteiger partial charge in [-0.25, -0.2) is 9.18 Å². The summed E-state index contributed by atoms with van der Waals surface area (Å²) in [7, 11) is 0. The number of nitrogens with one attached hydrogen (secondary N) is 1. The van der Waals surface area contributed by atoms with E-state index in [2.05, 4.69) is 15.4 Å². The van der Waals surface area contributed by atoms with Crippen molar-refractivity contribution in [3.05, 3.63) is 77.5 Å². The number of nitrogens with zero attached hydrogens (tertiary/aromatic N) is 4. The molecule has 0 bridgehead atoms. The second kappa shape index (κ2) is 7.80. The van der Waals surface area contributed by atoms with Gasteiger partial charge in [0.1, 0.15) is 5.82 Å². The summed E-state index contributed by atoms with van der Waals surface area (Å²) in [5.74, 6) is 0.231. The Bertz CT molecular complexity index is 972. The van der Waals surface area contributed by atoms with Gasteiger partial charge in [0.25, 0.3) is 0 Å². The van der Waals surface area contributed by atoms with Crippen LogP contribution in [0.25, 0.3) is 0 Å². The lowest BCUT2D eigenvalue weighted by Gasteiger charge is -2.35. The molecule has 1 aromatic carbocycles. The zero-order valence-corrected chi connectivity index (χ0v) is 15.7. The van der Waals surface area contributed by atoms with Crippen LogP contribution in [-0.2, 0) is 19.4 Å². The summed E-state index contributed by atoms with van der Waals surface area (Å²) in [5, 5.41) is 7.25. The fourth-order valence-electron chi connectivity index (χ4n) is 3.66. The number of aromatic nitrogens is 3. The molecule has 2 amide bonds. The van der Waals surface area contributed by atoms with Gasteiger partial charge in [0.2, 0.25) is 0 Å². The number of fused-ring (bicyclic) bond motifs is 1. The van der Waals surface area contributed by atoms with Crippen molar-refractivity contribution >= 4 is 11.8 Å². The monoisotopic (exact) mass is 379 g/mol. The van der Waals surface area contributed by atoms with E-state index in [0.29, 0.717) is 30.9 Å². The smallest absolute Gasteiger partial charge is 0.317 e. The highest BCUT2D eigenvalue weighted by Crippen LogP contribution is 2.31. The third kappa shape index (κ3) is 3.74. The molecule has 1 atom stereocenters. The SMILES string of the molecule is CC1c2c(F)cccc2CCN1C(=O)Nc1ccn(CCc2ccncc2)n1. The highest BCUT2D eigenvalue weighted by molar-refractivity contribution is 5.88. The number of anilines is 1. The number of halogens is 1. The number of urea groups is 1. The third-order valence-corrected chi connectivity index (χ3v) is 5.17. The van der Waals surface area contributed by atoms with Gasteiger partial charge < -0.3 is 4.90 Å². The molecule has 1 N–H and O–H groups in total. The number of hydrogen-bond acceptors (Lipinski definition) is 3. The average molecular weight is 379 g/mol. The molecule has 4 rings (SSSR count). The van der Waals surface area contributed by atoms with Crippen molar-refractivity contribution in [3.63, 3.8) is 0 Å². The van der Waals surface area contributed by atoms with Crippen LogP contribution < -0.4 is 5.32 Å². The molecular formula is C21H22FN5O. The molecule has 28 heavy (non-hydrogen) atoms. The van der Waals surface area contributed by atoms with Crippen LogP contribution in [0, 0.1) is 5.82 Å². The first-order chi connectivity index (χ1) is 13.6. The molecule has 1 aliphatic heterocycles. The highest BCUT2D eigenvalue weighted by atomic mass is 19.1. The third-order valence-electron chi connectivity index (χ3n) is 5.17. The second-order valence-electron chi connectivity index (χ2n) is 6.93. The van der Waals surface area contributed by atoms with E-state index >= 15 is 0 Å². The van der Waals surface area contributed by atoms with Gasteiger partial charge >= 0.3 is 6.03 Å². The summed E-state index contributed by atoms with van der Waals surface area (Å²) in [6, 6.07) is 10.2. The van der Waals surface area contributed by atoms with Gasteiger partial charge in [-0.2, -0.15) is 5.10 Å².